The molecule has 1 atom stereocenters. The molecule has 6 nitrogen and oxygen atoms in total. The third-order valence-corrected chi connectivity index (χ3v) is 4.11. The van der Waals surface area contributed by atoms with Crippen molar-refractivity contribution in [2.45, 2.75) is 49.8 Å². The van der Waals surface area contributed by atoms with Crippen molar-refractivity contribution < 1.29 is 0 Å². The third kappa shape index (κ3) is 3.21. The van der Waals surface area contributed by atoms with Crippen LogP contribution in [0.1, 0.15) is 39.2 Å². The van der Waals surface area contributed by atoms with E-state index in [2.05, 4.69) is 33.8 Å². The number of nitrogens with zero attached hydrogens (tertiary/aromatic N) is 5. The molecule has 0 aromatic carbocycles. The van der Waals surface area contributed by atoms with Crippen LogP contribution in [0.25, 0.3) is 0 Å². The van der Waals surface area contributed by atoms with E-state index in [0.717, 1.165) is 31.0 Å². The Hall–Kier alpha value is -1.13. The predicted octanol–water partition coefficient (Wildman–Crippen LogP) is 1.38. The standard InChI is InChI=1S/C11H18N6S/c1-3-6-13-11(2,7-12)8-18-10-14-15-16-17(10)9-4-5-9/h9,13H,3-6,8H2,1-2H3. The molecule has 1 aromatic heterocycles. The first-order valence-corrected chi connectivity index (χ1v) is 7.24. The van der Waals surface area contributed by atoms with Crippen molar-refractivity contribution >= 4 is 11.8 Å². The molecule has 1 N–H and O–H groups in total. The second-order valence-corrected chi connectivity index (χ2v) is 5.74. The maximum atomic E-state index is 9.25. The Morgan fingerprint density at radius 3 is 3.00 bits per heavy atom. The van der Waals surface area contributed by atoms with Gasteiger partial charge in [0.05, 0.1) is 12.1 Å². The molecule has 1 saturated carbocycles. The highest BCUT2D eigenvalue weighted by molar-refractivity contribution is 7.99. The number of aromatic nitrogens is 4. The van der Waals surface area contributed by atoms with Gasteiger partial charge in [0.25, 0.3) is 0 Å². The van der Waals surface area contributed by atoms with Gasteiger partial charge in [0.1, 0.15) is 5.54 Å². The van der Waals surface area contributed by atoms with Gasteiger partial charge in [0, 0.05) is 5.75 Å². The van der Waals surface area contributed by atoms with Gasteiger partial charge in [-0.25, -0.2) is 4.68 Å². The van der Waals surface area contributed by atoms with E-state index in [1.54, 1.807) is 11.8 Å². The van der Waals surface area contributed by atoms with E-state index in [9.17, 15) is 5.26 Å². The van der Waals surface area contributed by atoms with Crippen molar-refractivity contribution in [1.82, 2.24) is 25.5 Å². The molecule has 1 heterocycles. The van der Waals surface area contributed by atoms with E-state index in [0.29, 0.717) is 11.8 Å². The topological polar surface area (TPSA) is 79.4 Å². The smallest absolute Gasteiger partial charge is 0.209 e. The molecule has 1 unspecified atom stereocenters. The van der Waals surface area contributed by atoms with Gasteiger partial charge in [-0.2, -0.15) is 5.26 Å². The van der Waals surface area contributed by atoms with Crippen molar-refractivity contribution in [2.75, 3.05) is 12.3 Å². The molecule has 2 rings (SSSR count). The molecule has 0 amide bonds. The van der Waals surface area contributed by atoms with Crippen LogP contribution in [0.2, 0.25) is 0 Å². The van der Waals surface area contributed by atoms with Gasteiger partial charge in [-0.3, -0.25) is 5.32 Å². The van der Waals surface area contributed by atoms with Gasteiger partial charge in [-0.15, -0.1) is 5.10 Å². The van der Waals surface area contributed by atoms with E-state index in [-0.39, 0.29) is 0 Å². The lowest BCUT2D eigenvalue weighted by Gasteiger charge is -2.22. The van der Waals surface area contributed by atoms with E-state index in [1.807, 2.05) is 11.6 Å². The Balaban J connectivity index is 1.93. The summed E-state index contributed by atoms with van der Waals surface area (Å²) < 4.78 is 1.88. The summed E-state index contributed by atoms with van der Waals surface area (Å²) in [6.07, 6.45) is 3.33. The normalized spacial score (nSPS) is 18.3. The summed E-state index contributed by atoms with van der Waals surface area (Å²) in [4.78, 5) is 0. The van der Waals surface area contributed by atoms with Crippen molar-refractivity contribution in [3.63, 3.8) is 0 Å². The average Bonchev–Trinajstić information content (AvgIpc) is 3.13. The van der Waals surface area contributed by atoms with Crippen LogP contribution in [-0.2, 0) is 0 Å². The number of hydrogen-bond donors (Lipinski definition) is 1. The molecule has 0 radical (unpaired) electrons. The fraction of sp³-hybridized carbons (Fsp3) is 0.818. The number of tetrazole rings is 1. The van der Waals surface area contributed by atoms with E-state index in [4.69, 9.17) is 0 Å². The summed E-state index contributed by atoms with van der Waals surface area (Å²) in [5.74, 6) is 0.649. The van der Waals surface area contributed by atoms with Crippen LogP contribution < -0.4 is 5.32 Å². The lowest BCUT2D eigenvalue weighted by Crippen LogP contribution is -2.43. The molecular formula is C11H18N6S. The average molecular weight is 266 g/mol. The van der Waals surface area contributed by atoms with Crippen molar-refractivity contribution in [3.05, 3.63) is 0 Å². The van der Waals surface area contributed by atoms with Gasteiger partial charge in [0.2, 0.25) is 5.16 Å². The van der Waals surface area contributed by atoms with Crippen LogP contribution in [0.4, 0.5) is 0 Å². The molecule has 18 heavy (non-hydrogen) atoms. The molecule has 0 saturated heterocycles. The quantitative estimate of drug-likeness (QED) is 0.751. The summed E-state index contributed by atoms with van der Waals surface area (Å²) in [5, 5.41) is 25.1. The second-order valence-electron chi connectivity index (χ2n) is 4.80. The molecule has 1 fully saturated rings. The monoisotopic (exact) mass is 266 g/mol. The summed E-state index contributed by atoms with van der Waals surface area (Å²) in [5.41, 5.74) is -0.527. The highest BCUT2D eigenvalue weighted by Crippen LogP contribution is 2.36. The zero-order valence-electron chi connectivity index (χ0n) is 10.8. The van der Waals surface area contributed by atoms with E-state index < -0.39 is 5.54 Å². The Kier molecular flexibility index (Phi) is 4.19. The summed E-state index contributed by atoms with van der Waals surface area (Å²) in [7, 11) is 0. The molecule has 1 aromatic rings. The Labute approximate surface area is 111 Å². The first kappa shape index (κ1) is 13.3. The van der Waals surface area contributed by atoms with Crippen LogP contribution in [0.15, 0.2) is 5.16 Å². The van der Waals surface area contributed by atoms with Gasteiger partial charge < -0.3 is 0 Å². The van der Waals surface area contributed by atoms with Crippen LogP contribution in [0.3, 0.4) is 0 Å². The molecule has 7 heteroatoms. The number of nitriles is 1. The minimum atomic E-state index is -0.527. The fourth-order valence-electron chi connectivity index (χ4n) is 1.56. The van der Waals surface area contributed by atoms with Crippen molar-refractivity contribution in [2.24, 2.45) is 0 Å². The molecule has 1 aliphatic carbocycles. The lowest BCUT2D eigenvalue weighted by molar-refractivity contribution is 0.492. The molecule has 0 bridgehead atoms. The maximum Gasteiger partial charge on any atom is 0.209 e. The van der Waals surface area contributed by atoms with Gasteiger partial charge in [-0.05, 0) is 43.2 Å². The van der Waals surface area contributed by atoms with Crippen molar-refractivity contribution in [1.29, 1.82) is 5.26 Å². The van der Waals surface area contributed by atoms with Crippen LogP contribution >= 0.6 is 11.8 Å². The minimum Gasteiger partial charge on any atom is -0.299 e. The summed E-state index contributed by atoms with van der Waals surface area (Å²) in [6, 6.07) is 2.80. The van der Waals surface area contributed by atoms with Crippen molar-refractivity contribution in [3.8, 4) is 6.07 Å². The van der Waals surface area contributed by atoms with Crippen LogP contribution in [-0.4, -0.2) is 38.0 Å². The Morgan fingerprint density at radius 2 is 2.39 bits per heavy atom. The highest BCUT2D eigenvalue weighted by atomic mass is 32.2. The number of rotatable bonds is 7. The molecule has 1 aliphatic rings. The lowest BCUT2D eigenvalue weighted by atomic mass is 10.1. The zero-order chi connectivity index (χ0) is 13.0. The fourth-order valence-corrected chi connectivity index (χ4v) is 2.56. The van der Waals surface area contributed by atoms with Gasteiger partial charge in [-0.1, -0.05) is 18.7 Å². The Morgan fingerprint density at radius 1 is 1.61 bits per heavy atom. The van der Waals surface area contributed by atoms with E-state index in [1.165, 1.54) is 0 Å². The van der Waals surface area contributed by atoms with E-state index >= 15 is 0 Å². The highest BCUT2D eigenvalue weighted by Gasteiger charge is 2.30. The first-order valence-electron chi connectivity index (χ1n) is 6.25. The molecule has 0 spiro atoms. The summed E-state index contributed by atoms with van der Waals surface area (Å²) >= 11 is 1.55. The minimum absolute atomic E-state index is 0.472. The Bertz CT molecular complexity index is 435. The SMILES string of the molecule is CCCNC(C)(C#N)CSc1nnnn1C1CC1. The first-order chi connectivity index (χ1) is 8.68. The molecule has 98 valence electrons. The van der Waals surface area contributed by atoms with Gasteiger partial charge >= 0.3 is 0 Å². The largest absolute Gasteiger partial charge is 0.299 e. The molecule has 0 aliphatic heterocycles. The number of hydrogen-bond acceptors (Lipinski definition) is 6. The second kappa shape index (κ2) is 5.67. The third-order valence-electron chi connectivity index (χ3n) is 2.86. The van der Waals surface area contributed by atoms with Crippen LogP contribution in [0, 0.1) is 11.3 Å². The van der Waals surface area contributed by atoms with Gasteiger partial charge in [0.15, 0.2) is 0 Å². The number of thioether (sulfide) groups is 1. The number of nitrogens with one attached hydrogen (secondary N) is 1. The summed E-state index contributed by atoms with van der Waals surface area (Å²) in [6.45, 7) is 4.85. The zero-order valence-corrected chi connectivity index (χ0v) is 11.6. The maximum absolute atomic E-state index is 9.25. The van der Waals surface area contributed by atoms with Crippen LogP contribution in [0.5, 0.6) is 0 Å². The predicted molar refractivity (Wildman–Crippen MR) is 69.1 cm³/mol. The molecular weight excluding hydrogens is 248 g/mol.